The van der Waals surface area contributed by atoms with Crippen molar-refractivity contribution in [2.45, 2.75) is 18.7 Å². The maximum Gasteiger partial charge on any atom is 0.291 e. The topological polar surface area (TPSA) is 88.9 Å². The SMILES string of the molecule is CCN(CC)S(=O)(=O)c1ccc(OC)c(NC(=O)c2cc3ccccc3o2)c1. The summed E-state index contributed by atoms with van der Waals surface area (Å²) < 4.78 is 37.7. The first kappa shape index (κ1) is 19.9. The quantitative estimate of drug-likeness (QED) is 0.651. The lowest BCUT2D eigenvalue weighted by atomic mass is 10.2. The Morgan fingerprint density at radius 2 is 1.82 bits per heavy atom. The van der Waals surface area contributed by atoms with E-state index in [0.717, 1.165) is 5.39 Å². The van der Waals surface area contributed by atoms with Crippen LogP contribution in [0.3, 0.4) is 0 Å². The van der Waals surface area contributed by atoms with E-state index >= 15 is 0 Å². The Morgan fingerprint density at radius 3 is 2.46 bits per heavy atom. The molecule has 1 amide bonds. The van der Waals surface area contributed by atoms with Gasteiger partial charge in [0.05, 0.1) is 17.7 Å². The number of fused-ring (bicyclic) bond motifs is 1. The van der Waals surface area contributed by atoms with Crippen molar-refractivity contribution in [3.63, 3.8) is 0 Å². The van der Waals surface area contributed by atoms with Crippen LogP contribution in [0, 0.1) is 0 Å². The summed E-state index contributed by atoms with van der Waals surface area (Å²) >= 11 is 0. The minimum Gasteiger partial charge on any atom is -0.495 e. The number of rotatable bonds is 7. The summed E-state index contributed by atoms with van der Waals surface area (Å²) in [5, 5.41) is 3.49. The zero-order chi connectivity index (χ0) is 20.3. The fraction of sp³-hybridized carbons (Fsp3) is 0.250. The monoisotopic (exact) mass is 402 g/mol. The summed E-state index contributed by atoms with van der Waals surface area (Å²) in [6, 6.07) is 13.3. The number of hydrogen-bond donors (Lipinski definition) is 1. The number of methoxy groups -OCH3 is 1. The molecule has 2 aromatic carbocycles. The highest BCUT2D eigenvalue weighted by Crippen LogP contribution is 2.30. The van der Waals surface area contributed by atoms with Crippen molar-refractivity contribution in [1.82, 2.24) is 4.31 Å². The molecule has 148 valence electrons. The van der Waals surface area contributed by atoms with Crippen molar-refractivity contribution in [2.24, 2.45) is 0 Å². The molecule has 7 nitrogen and oxygen atoms in total. The Kier molecular flexibility index (Phi) is 5.71. The van der Waals surface area contributed by atoms with Crippen LogP contribution in [0.5, 0.6) is 5.75 Å². The van der Waals surface area contributed by atoms with E-state index in [2.05, 4.69) is 5.32 Å². The van der Waals surface area contributed by atoms with E-state index in [4.69, 9.17) is 9.15 Å². The molecular weight excluding hydrogens is 380 g/mol. The average molecular weight is 402 g/mol. The number of benzene rings is 2. The number of carbonyl (C=O) groups is 1. The van der Waals surface area contributed by atoms with Gasteiger partial charge in [0.15, 0.2) is 5.76 Å². The van der Waals surface area contributed by atoms with Crippen LogP contribution in [0.15, 0.2) is 57.8 Å². The molecule has 0 aliphatic rings. The van der Waals surface area contributed by atoms with Crippen molar-refractivity contribution >= 4 is 32.6 Å². The highest BCUT2D eigenvalue weighted by molar-refractivity contribution is 7.89. The third-order valence-electron chi connectivity index (χ3n) is 4.41. The molecule has 1 aromatic heterocycles. The minimum absolute atomic E-state index is 0.0805. The molecule has 1 heterocycles. The summed E-state index contributed by atoms with van der Waals surface area (Å²) in [5.74, 6) is -0.0184. The van der Waals surface area contributed by atoms with Gasteiger partial charge in [-0.2, -0.15) is 4.31 Å². The smallest absolute Gasteiger partial charge is 0.291 e. The van der Waals surface area contributed by atoms with E-state index in [9.17, 15) is 13.2 Å². The largest absolute Gasteiger partial charge is 0.495 e. The molecule has 0 radical (unpaired) electrons. The summed E-state index contributed by atoms with van der Waals surface area (Å²) in [6.07, 6.45) is 0. The average Bonchev–Trinajstić information content (AvgIpc) is 3.13. The third kappa shape index (κ3) is 3.74. The van der Waals surface area contributed by atoms with Gasteiger partial charge in [0.25, 0.3) is 5.91 Å². The predicted molar refractivity (Wildman–Crippen MR) is 107 cm³/mol. The number of ether oxygens (including phenoxy) is 1. The Morgan fingerprint density at radius 1 is 1.11 bits per heavy atom. The van der Waals surface area contributed by atoms with Gasteiger partial charge in [0, 0.05) is 18.5 Å². The number of carbonyl (C=O) groups excluding carboxylic acids is 1. The maximum atomic E-state index is 12.8. The Bertz CT molecular complexity index is 1070. The zero-order valence-electron chi connectivity index (χ0n) is 15.9. The summed E-state index contributed by atoms with van der Waals surface area (Å²) in [5.41, 5.74) is 0.846. The number of nitrogens with zero attached hydrogens (tertiary/aromatic N) is 1. The van der Waals surface area contributed by atoms with Crippen LogP contribution in [0.25, 0.3) is 11.0 Å². The van der Waals surface area contributed by atoms with Gasteiger partial charge in [-0.3, -0.25) is 4.79 Å². The highest BCUT2D eigenvalue weighted by Gasteiger charge is 2.24. The predicted octanol–water partition coefficient (Wildman–Crippen LogP) is 3.72. The number of amides is 1. The molecule has 0 aliphatic heterocycles. The lowest BCUT2D eigenvalue weighted by Crippen LogP contribution is -2.30. The fourth-order valence-corrected chi connectivity index (χ4v) is 4.42. The van der Waals surface area contributed by atoms with Crippen LogP contribution in [0.2, 0.25) is 0 Å². The molecule has 0 atom stereocenters. The molecule has 1 N–H and O–H groups in total. The maximum absolute atomic E-state index is 12.8. The highest BCUT2D eigenvalue weighted by atomic mass is 32.2. The van der Waals surface area contributed by atoms with Gasteiger partial charge in [-0.15, -0.1) is 0 Å². The van der Waals surface area contributed by atoms with Gasteiger partial charge in [0.2, 0.25) is 10.0 Å². The second-order valence-electron chi connectivity index (χ2n) is 6.05. The normalized spacial score (nSPS) is 11.7. The number of anilines is 1. The molecule has 0 aliphatic carbocycles. The summed E-state index contributed by atoms with van der Waals surface area (Å²) in [7, 11) is -2.22. The Hall–Kier alpha value is -2.84. The third-order valence-corrected chi connectivity index (χ3v) is 6.46. The van der Waals surface area contributed by atoms with Crippen molar-refractivity contribution < 1.29 is 22.4 Å². The standard InChI is InChI=1S/C20H22N2O5S/c1-4-22(5-2)28(24,25)15-10-11-18(26-3)16(13-15)21-20(23)19-12-14-8-6-7-9-17(14)27-19/h6-13H,4-5H2,1-3H3,(H,21,23). The van der Waals surface area contributed by atoms with Gasteiger partial charge in [-0.05, 0) is 30.3 Å². The number of para-hydroxylation sites is 1. The molecule has 0 spiro atoms. The summed E-state index contributed by atoms with van der Waals surface area (Å²) in [4.78, 5) is 12.7. The first-order valence-electron chi connectivity index (χ1n) is 8.88. The van der Waals surface area contributed by atoms with Crippen molar-refractivity contribution in [1.29, 1.82) is 0 Å². The van der Waals surface area contributed by atoms with Gasteiger partial charge in [-0.1, -0.05) is 32.0 Å². The Balaban J connectivity index is 1.95. The van der Waals surface area contributed by atoms with Crippen molar-refractivity contribution in [2.75, 3.05) is 25.5 Å². The molecule has 28 heavy (non-hydrogen) atoms. The van der Waals surface area contributed by atoms with Crippen LogP contribution < -0.4 is 10.1 Å². The van der Waals surface area contributed by atoms with E-state index in [1.54, 1.807) is 26.0 Å². The molecule has 0 fully saturated rings. The van der Waals surface area contributed by atoms with Gasteiger partial charge >= 0.3 is 0 Å². The van der Waals surface area contributed by atoms with E-state index in [1.165, 1.54) is 29.6 Å². The summed E-state index contributed by atoms with van der Waals surface area (Å²) in [6.45, 7) is 4.25. The lowest BCUT2D eigenvalue weighted by Gasteiger charge is -2.19. The Labute approximate surface area is 163 Å². The molecule has 0 unspecified atom stereocenters. The van der Waals surface area contributed by atoms with E-state index < -0.39 is 15.9 Å². The van der Waals surface area contributed by atoms with Crippen molar-refractivity contribution in [3.05, 3.63) is 54.3 Å². The van der Waals surface area contributed by atoms with E-state index in [0.29, 0.717) is 24.4 Å². The van der Waals surface area contributed by atoms with Gasteiger partial charge < -0.3 is 14.5 Å². The molecule has 0 bridgehead atoms. The molecule has 0 saturated carbocycles. The number of sulfonamides is 1. The molecular formula is C20H22N2O5S. The fourth-order valence-electron chi connectivity index (χ4n) is 2.94. The van der Waals surface area contributed by atoms with Gasteiger partial charge in [0.1, 0.15) is 11.3 Å². The first-order valence-corrected chi connectivity index (χ1v) is 10.3. The zero-order valence-corrected chi connectivity index (χ0v) is 16.7. The van der Waals surface area contributed by atoms with Crippen molar-refractivity contribution in [3.8, 4) is 5.75 Å². The minimum atomic E-state index is -3.67. The van der Waals surface area contributed by atoms with Crippen LogP contribution >= 0.6 is 0 Å². The van der Waals surface area contributed by atoms with Crippen LogP contribution in [-0.2, 0) is 10.0 Å². The van der Waals surface area contributed by atoms with Crippen LogP contribution in [0.1, 0.15) is 24.4 Å². The number of hydrogen-bond acceptors (Lipinski definition) is 5. The van der Waals surface area contributed by atoms with E-state index in [-0.39, 0.29) is 16.3 Å². The second-order valence-corrected chi connectivity index (χ2v) is 7.99. The first-order chi connectivity index (χ1) is 13.4. The molecule has 3 aromatic rings. The van der Waals surface area contributed by atoms with Crippen LogP contribution in [-0.4, -0.2) is 38.8 Å². The lowest BCUT2D eigenvalue weighted by molar-refractivity contribution is 0.0998. The number of nitrogens with one attached hydrogen (secondary N) is 1. The molecule has 8 heteroatoms. The molecule has 0 saturated heterocycles. The van der Waals surface area contributed by atoms with Crippen LogP contribution in [0.4, 0.5) is 5.69 Å². The second kappa shape index (κ2) is 8.04. The number of furan rings is 1. The van der Waals surface area contributed by atoms with E-state index in [1.807, 2.05) is 18.2 Å². The molecule has 3 rings (SSSR count). The van der Waals surface area contributed by atoms with Gasteiger partial charge in [-0.25, -0.2) is 8.42 Å².